The topological polar surface area (TPSA) is 286 Å². The lowest BCUT2D eigenvalue weighted by Crippen LogP contribution is -2.60. The van der Waals surface area contributed by atoms with Crippen molar-refractivity contribution in [1.82, 2.24) is 40.9 Å². The highest BCUT2D eigenvalue weighted by molar-refractivity contribution is 7.89. The number of ketones is 1. The summed E-state index contributed by atoms with van der Waals surface area (Å²) in [5.41, 5.74) is 5.01. The van der Waals surface area contributed by atoms with Crippen LogP contribution in [0.2, 0.25) is 0 Å². The van der Waals surface area contributed by atoms with Crippen LogP contribution in [0.25, 0.3) is 0 Å². The Bertz CT molecular complexity index is 2140. The Balaban J connectivity index is 2.08. The average Bonchev–Trinajstić information content (AvgIpc) is 3.27. The van der Waals surface area contributed by atoms with E-state index in [1.807, 2.05) is 13.8 Å². The van der Waals surface area contributed by atoms with Crippen LogP contribution in [0.5, 0.6) is 0 Å². The fourth-order valence-electron chi connectivity index (χ4n) is 6.92. The number of nitrogens with zero attached hydrogens (tertiary/aromatic N) is 3. The van der Waals surface area contributed by atoms with Crippen LogP contribution in [0.3, 0.4) is 0 Å². The Morgan fingerprint density at radius 1 is 0.877 bits per heavy atom. The summed E-state index contributed by atoms with van der Waals surface area (Å²) in [6.07, 6.45) is 2.83. The second-order valence-electron chi connectivity index (χ2n) is 16.4. The van der Waals surface area contributed by atoms with Crippen LogP contribution in [-0.4, -0.2) is 113 Å². The molecule has 1 saturated carbocycles. The molecule has 0 spiro atoms. The number of carbonyl (C=O) groups excluding carboxylic acids is 8. The van der Waals surface area contributed by atoms with E-state index in [1.165, 1.54) is 25.5 Å². The molecule has 1 aliphatic rings. The van der Waals surface area contributed by atoms with Gasteiger partial charge < -0.3 is 27.0 Å². The molecule has 5 atom stereocenters. The Hall–Kier alpha value is -5.84. The first-order valence-electron chi connectivity index (χ1n) is 21.3. The van der Waals surface area contributed by atoms with Crippen LogP contribution < -0.4 is 32.3 Å². The molecule has 7 N–H and O–H groups in total. The number of aromatic nitrogens is 2. The Morgan fingerprint density at radius 2 is 1.55 bits per heavy atom. The molecule has 2 aromatic rings. The summed E-state index contributed by atoms with van der Waals surface area (Å²) in [5, 5.41) is 11.2. The van der Waals surface area contributed by atoms with E-state index in [4.69, 9.17) is 5.73 Å². The third kappa shape index (κ3) is 16.3. The second-order valence-corrected chi connectivity index (χ2v) is 18.2. The summed E-state index contributed by atoms with van der Waals surface area (Å²) < 4.78 is 67.7. The largest absolute Gasteiger partial charge is 0.405 e. The summed E-state index contributed by atoms with van der Waals surface area (Å²) >= 11 is 0. The lowest BCUT2D eigenvalue weighted by atomic mass is 9.84. The predicted octanol–water partition coefficient (Wildman–Crippen LogP) is 2.07. The van der Waals surface area contributed by atoms with Crippen LogP contribution in [0.4, 0.5) is 13.2 Å². The number of rotatable bonds is 22. The van der Waals surface area contributed by atoms with Gasteiger partial charge in [0.05, 0.1) is 17.1 Å². The van der Waals surface area contributed by atoms with Crippen LogP contribution in [0.15, 0.2) is 47.8 Å². The molecule has 0 saturated heterocycles. The van der Waals surface area contributed by atoms with Gasteiger partial charge >= 0.3 is 6.18 Å². The molecule has 23 heteroatoms. The van der Waals surface area contributed by atoms with Crippen molar-refractivity contribution in [2.45, 2.75) is 128 Å². The van der Waals surface area contributed by atoms with Crippen LogP contribution in [-0.2, 0) is 38.8 Å². The van der Waals surface area contributed by atoms with Crippen molar-refractivity contribution in [3.05, 3.63) is 54.1 Å². The first-order valence-corrected chi connectivity index (χ1v) is 22.8. The van der Waals surface area contributed by atoms with E-state index in [9.17, 15) is 59.9 Å². The second kappa shape index (κ2) is 24.4. The number of alkyl halides is 3. The minimum absolute atomic E-state index is 0.00284. The van der Waals surface area contributed by atoms with E-state index >= 15 is 0 Å². The van der Waals surface area contributed by atoms with Gasteiger partial charge in [-0.05, 0) is 55.2 Å². The van der Waals surface area contributed by atoms with Gasteiger partial charge in [0.15, 0.2) is 0 Å². The maximum atomic E-state index is 14.8. The molecule has 1 heterocycles. The number of hydrogen-bond donors (Lipinski definition) is 6. The molecule has 65 heavy (non-hydrogen) atoms. The standard InChI is InChI=1S/C42H58F3N9O10S/c1-6-25(5)34(53-37(58)30(18-24(3)4)50-38(59)32-21-47-16-17-48-32)39(60)51-31(19-26-12-9-8-10-13-26)41(62)54(22-33(55)52-40(61)35(56)29(46)7-2)65(63,64)28-15-11-14-27(20-28)36(57)49-23-42(43,44)45/h11,14-17,20-21,24-26,29-31,34H,6-10,12-13,18-19,22-23,46H2,1-5H3,(H,49,57)(H,50,59)(H,51,60)(H,53,58)(H,52,55,61)/t25-,29-,30-,31-,34-/m0/s1. The van der Waals surface area contributed by atoms with E-state index in [0.717, 1.165) is 37.5 Å². The van der Waals surface area contributed by atoms with Gasteiger partial charge in [-0.25, -0.2) is 17.7 Å². The number of benzene rings is 1. The Morgan fingerprint density at radius 3 is 2.14 bits per heavy atom. The number of carbonyl (C=O) groups is 8. The zero-order valence-corrected chi connectivity index (χ0v) is 37.7. The lowest BCUT2D eigenvalue weighted by molar-refractivity contribution is -0.142. The summed E-state index contributed by atoms with van der Waals surface area (Å²) in [4.78, 5) is 114. The van der Waals surface area contributed by atoms with Gasteiger partial charge in [0.2, 0.25) is 23.5 Å². The SMILES string of the molecule is CC[C@H](N)C(=O)C(=O)NC(=O)CN(C(=O)[C@H](CC1CCCCC1)NC(=O)[C@@H](NC(=O)[C@H](CC(C)C)NC(=O)c1cnccn1)[C@@H](C)CC)S(=O)(=O)c1cccc(C(=O)NCC(F)(F)F)c1. The van der Waals surface area contributed by atoms with Crippen LogP contribution in [0, 0.1) is 17.8 Å². The van der Waals surface area contributed by atoms with Crippen molar-refractivity contribution in [3.63, 3.8) is 0 Å². The minimum Gasteiger partial charge on any atom is -0.343 e. The molecular weight excluding hydrogens is 880 g/mol. The number of hydrogen-bond acceptors (Lipinski definition) is 13. The van der Waals surface area contributed by atoms with Gasteiger partial charge in [0.1, 0.15) is 36.9 Å². The molecular formula is C42H58F3N9O10S. The van der Waals surface area contributed by atoms with Crippen molar-refractivity contribution in [2.75, 3.05) is 13.1 Å². The average molecular weight is 938 g/mol. The highest BCUT2D eigenvalue weighted by Crippen LogP contribution is 2.29. The number of halogens is 3. The summed E-state index contributed by atoms with van der Waals surface area (Å²) in [5.74, 6) is -10.3. The highest BCUT2D eigenvalue weighted by atomic mass is 32.2. The Labute approximate surface area is 375 Å². The van der Waals surface area contributed by atoms with Crippen molar-refractivity contribution in [1.29, 1.82) is 0 Å². The summed E-state index contributed by atoms with van der Waals surface area (Å²) in [6.45, 7) is 5.27. The number of nitrogens with one attached hydrogen (secondary N) is 5. The van der Waals surface area contributed by atoms with Gasteiger partial charge in [0.25, 0.3) is 33.7 Å². The molecule has 1 aliphatic carbocycles. The summed E-state index contributed by atoms with van der Waals surface area (Å²) in [6, 6.07) is -1.98. The molecule has 0 aliphatic heterocycles. The molecule has 0 radical (unpaired) electrons. The molecule has 1 fully saturated rings. The third-order valence-electron chi connectivity index (χ3n) is 10.7. The molecule has 0 unspecified atom stereocenters. The number of amides is 7. The highest BCUT2D eigenvalue weighted by Gasteiger charge is 2.40. The normalized spacial score (nSPS) is 15.6. The number of imide groups is 1. The van der Waals surface area contributed by atoms with Gasteiger partial charge in [-0.15, -0.1) is 0 Å². The zero-order valence-electron chi connectivity index (χ0n) is 36.9. The van der Waals surface area contributed by atoms with Crippen LogP contribution >= 0.6 is 0 Å². The van der Waals surface area contributed by atoms with E-state index in [0.29, 0.717) is 25.3 Å². The number of Topliss-reactive ketones (excluding diaryl/α,β-unsaturated/α-hetero) is 1. The molecule has 0 bridgehead atoms. The summed E-state index contributed by atoms with van der Waals surface area (Å²) in [7, 11) is -5.28. The fraction of sp³-hybridized carbons (Fsp3) is 0.571. The van der Waals surface area contributed by atoms with Crippen molar-refractivity contribution in [2.24, 2.45) is 23.5 Å². The van der Waals surface area contributed by atoms with Crippen LogP contribution in [0.1, 0.15) is 113 Å². The number of nitrogens with two attached hydrogens (primary N) is 1. The van der Waals surface area contributed by atoms with E-state index in [-0.39, 0.29) is 41.1 Å². The van der Waals surface area contributed by atoms with E-state index in [1.54, 1.807) is 24.5 Å². The van der Waals surface area contributed by atoms with E-state index in [2.05, 4.69) is 25.9 Å². The minimum atomic E-state index is -5.28. The van der Waals surface area contributed by atoms with Crippen molar-refractivity contribution < 1.29 is 59.9 Å². The van der Waals surface area contributed by atoms with Gasteiger partial charge in [-0.3, -0.25) is 48.7 Å². The van der Waals surface area contributed by atoms with Crippen molar-refractivity contribution >= 4 is 57.2 Å². The number of sulfonamides is 1. The fourth-order valence-corrected chi connectivity index (χ4v) is 8.35. The van der Waals surface area contributed by atoms with Gasteiger partial charge in [-0.2, -0.15) is 13.2 Å². The van der Waals surface area contributed by atoms with Gasteiger partial charge in [-0.1, -0.05) is 79.2 Å². The van der Waals surface area contributed by atoms with E-state index < -0.39 is 117 Å². The third-order valence-corrected chi connectivity index (χ3v) is 12.5. The molecule has 1 aromatic carbocycles. The molecule has 1 aromatic heterocycles. The monoisotopic (exact) mass is 937 g/mol. The predicted molar refractivity (Wildman–Crippen MR) is 227 cm³/mol. The maximum Gasteiger partial charge on any atom is 0.405 e. The molecule has 19 nitrogen and oxygen atoms in total. The maximum absolute atomic E-state index is 14.8. The van der Waals surface area contributed by atoms with Crippen molar-refractivity contribution in [3.8, 4) is 0 Å². The van der Waals surface area contributed by atoms with Gasteiger partial charge in [0, 0.05) is 18.0 Å². The Kier molecular flexibility index (Phi) is 20.1. The first-order chi connectivity index (χ1) is 30.5. The lowest BCUT2D eigenvalue weighted by Gasteiger charge is -2.32. The first kappa shape index (κ1) is 53.5. The molecule has 358 valence electrons. The quantitative estimate of drug-likeness (QED) is 0.0924. The smallest absolute Gasteiger partial charge is 0.343 e. The molecule has 3 rings (SSSR count). The zero-order chi connectivity index (χ0) is 48.6. The molecule has 7 amide bonds.